The van der Waals surface area contributed by atoms with E-state index in [4.69, 9.17) is 11.6 Å². The molecule has 0 amide bonds. The number of rotatable bonds is 0. The predicted octanol–water partition coefficient (Wildman–Crippen LogP) is 0.711. The van der Waals surface area contributed by atoms with E-state index in [0.29, 0.717) is 10.4 Å². The molecule has 0 N–H and O–H groups in total. The van der Waals surface area contributed by atoms with Gasteiger partial charge in [0.25, 0.3) is 0 Å². The van der Waals surface area contributed by atoms with Crippen molar-refractivity contribution in [2.45, 2.75) is 6.18 Å². The number of aromatic nitrogens is 1. The Kier molecular flexibility index (Phi) is 3.90. The van der Waals surface area contributed by atoms with E-state index in [2.05, 4.69) is 11.1 Å². The zero-order valence-corrected chi connectivity index (χ0v) is 9.02. The van der Waals surface area contributed by atoms with E-state index in [1.165, 1.54) is 18.2 Å². The van der Waals surface area contributed by atoms with Crippen molar-refractivity contribution in [2.24, 2.45) is 0 Å². The standard InChI is InChI=1S/C10H4ClF3N.Li/c11-7-2-3-8-6(5-7)1-4-9(15-8)10(12,13)14;/h2-5H;/q-1;+1. The van der Waals surface area contributed by atoms with Gasteiger partial charge in [-0.2, -0.15) is 13.2 Å². The molecule has 1 aromatic heterocycles. The molecule has 1 nitrogen and oxygen atoms in total. The van der Waals surface area contributed by atoms with Crippen molar-refractivity contribution in [3.8, 4) is 0 Å². The van der Waals surface area contributed by atoms with Crippen molar-refractivity contribution in [1.82, 2.24) is 4.98 Å². The maximum Gasteiger partial charge on any atom is 1.00 e. The molecule has 0 saturated heterocycles. The zero-order chi connectivity index (χ0) is 11.1. The number of fused-ring (bicyclic) bond motifs is 1. The van der Waals surface area contributed by atoms with Crippen LogP contribution in [0, 0.1) is 6.07 Å². The molecule has 0 unspecified atom stereocenters. The maximum atomic E-state index is 12.3. The molecule has 2 rings (SSSR count). The Labute approximate surface area is 107 Å². The maximum absolute atomic E-state index is 12.3. The minimum atomic E-state index is -4.44. The fourth-order valence-corrected chi connectivity index (χ4v) is 1.35. The second-order valence-corrected chi connectivity index (χ2v) is 3.38. The summed E-state index contributed by atoms with van der Waals surface area (Å²) < 4.78 is 36.9. The molecule has 6 heteroatoms. The van der Waals surface area contributed by atoms with E-state index in [-0.39, 0.29) is 24.4 Å². The summed E-state index contributed by atoms with van der Waals surface area (Å²) in [5.41, 5.74) is -0.716. The summed E-state index contributed by atoms with van der Waals surface area (Å²) in [6, 6.07) is 7.76. The largest absolute Gasteiger partial charge is 1.00 e. The van der Waals surface area contributed by atoms with Crippen molar-refractivity contribution < 1.29 is 32.0 Å². The van der Waals surface area contributed by atoms with Crippen LogP contribution in [-0.2, 0) is 6.18 Å². The van der Waals surface area contributed by atoms with Gasteiger partial charge in [-0.15, -0.1) is 23.6 Å². The van der Waals surface area contributed by atoms with Crippen molar-refractivity contribution in [1.29, 1.82) is 0 Å². The number of hydrogen-bond donors (Lipinski definition) is 0. The van der Waals surface area contributed by atoms with E-state index in [1.807, 2.05) is 0 Å². The second kappa shape index (κ2) is 4.66. The van der Waals surface area contributed by atoms with Crippen LogP contribution in [0.1, 0.15) is 5.69 Å². The first kappa shape index (κ1) is 13.4. The van der Waals surface area contributed by atoms with E-state index in [0.717, 1.165) is 6.07 Å². The van der Waals surface area contributed by atoms with Gasteiger partial charge in [0.2, 0.25) is 0 Å². The molecule has 0 atom stereocenters. The smallest absolute Gasteiger partial charge is 0.340 e. The average molecular weight is 238 g/mol. The molecule has 0 aliphatic heterocycles. The van der Waals surface area contributed by atoms with Crippen LogP contribution in [0.15, 0.2) is 24.3 Å². The zero-order valence-electron chi connectivity index (χ0n) is 8.27. The van der Waals surface area contributed by atoms with Gasteiger partial charge in [0.1, 0.15) is 0 Å². The molecular formula is C10H4ClF3LiN. The second-order valence-electron chi connectivity index (χ2n) is 2.94. The van der Waals surface area contributed by atoms with Gasteiger partial charge in [-0.05, 0) is 10.5 Å². The summed E-state index contributed by atoms with van der Waals surface area (Å²) in [6.45, 7) is 0. The molecule has 0 fully saturated rings. The number of alkyl halides is 3. The Bertz CT molecular complexity index is 513. The molecule has 0 aliphatic rings. The molecular weight excluding hydrogens is 234 g/mol. The Morgan fingerprint density at radius 1 is 1.25 bits per heavy atom. The summed E-state index contributed by atoms with van der Waals surface area (Å²) in [7, 11) is 0. The third-order valence-electron chi connectivity index (χ3n) is 1.85. The SMILES string of the molecule is FC(F)(F)c1c[c-]c2cc(Cl)ccc2n1.[Li+]. The van der Waals surface area contributed by atoms with Gasteiger partial charge in [0.15, 0.2) is 0 Å². The van der Waals surface area contributed by atoms with E-state index >= 15 is 0 Å². The molecule has 2 aromatic rings. The van der Waals surface area contributed by atoms with Crippen LogP contribution >= 0.6 is 11.6 Å². The quantitative estimate of drug-likeness (QED) is 0.486. The van der Waals surface area contributed by atoms with Crippen molar-refractivity contribution in [3.63, 3.8) is 0 Å². The molecule has 0 spiro atoms. The molecule has 0 bridgehead atoms. The van der Waals surface area contributed by atoms with Gasteiger partial charge in [0.05, 0.1) is 5.69 Å². The van der Waals surface area contributed by atoms with Gasteiger partial charge in [-0.3, -0.25) is 0 Å². The van der Waals surface area contributed by atoms with Crippen molar-refractivity contribution >= 4 is 22.5 Å². The van der Waals surface area contributed by atoms with Crippen molar-refractivity contribution in [3.05, 3.63) is 41.0 Å². The fraction of sp³-hybridized carbons (Fsp3) is 0.100. The third-order valence-corrected chi connectivity index (χ3v) is 2.09. The van der Waals surface area contributed by atoms with Gasteiger partial charge >= 0.3 is 25.0 Å². The molecule has 78 valence electrons. The van der Waals surface area contributed by atoms with Crippen LogP contribution in [0.2, 0.25) is 5.02 Å². The number of nitrogens with zero attached hydrogens (tertiary/aromatic N) is 1. The average Bonchev–Trinajstić information content (AvgIpc) is 2.15. The number of hydrogen-bond acceptors (Lipinski definition) is 1. The molecule has 1 aromatic carbocycles. The Hall–Kier alpha value is -0.693. The first-order valence-electron chi connectivity index (χ1n) is 4.02. The van der Waals surface area contributed by atoms with Crippen LogP contribution in [0.4, 0.5) is 13.2 Å². The fourth-order valence-electron chi connectivity index (χ4n) is 1.17. The van der Waals surface area contributed by atoms with Gasteiger partial charge < -0.3 is 4.98 Å². The number of halogens is 4. The Morgan fingerprint density at radius 3 is 2.56 bits per heavy atom. The van der Waals surface area contributed by atoms with Gasteiger partial charge in [-0.25, -0.2) is 0 Å². The van der Waals surface area contributed by atoms with Crippen LogP contribution in [-0.4, -0.2) is 4.98 Å². The summed E-state index contributed by atoms with van der Waals surface area (Å²) in [5.74, 6) is 0. The minimum Gasteiger partial charge on any atom is -0.340 e. The van der Waals surface area contributed by atoms with Gasteiger partial charge in [-0.1, -0.05) is 23.7 Å². The molecule has 0 saturated carbocycles. The summed E-state index contributed by atoms with van der Waals surface area (Å²) in [5, 5.41) is 0.913. The first-order valence-corrected chi connectivity index (χ1v) is 4.40. The number of pyridine rings is 1. The molecule has 16 heavy (non-hydrogen) atoms. The third kappa shape index (κ3) is 2.70. The van der Waals surface area contributed by atoms with Crippen molar-refractivity contribution in [2.75, 3.05) is 0 Å². The summed E-state index contributed by atoms with van der Waals surface area (Å²) in [4.78, 5) is 3.47. The van der Waals surface area contributed by atoms with Crippen LogP contribution in [0.5, 0.6) is 0 Å². The topological polar surface area (TPSA) is 12.9 Å². The molecule has 0 aliphatic carbocycles. The van der Waals surface area contributed by atoms with E-state index < -0.39 is 11.9 Å². The normalized spacial score (nSPS) is 11.2. The predicted molar refractivity (Wildman–Crippen MR) is 50.6 cm³/mol. The van der Waals surface area contributed by atoms with E-state index in [9.17, 15) is 13.2 Å². The van der Waals surface area contributed by atoms with Crippen LogP contribution in [0.25, 0.3) is 10.9 Å². The molecule has 1 heterocycles. The minimum absolute atomic E-state index is 0. The summed E-state index contributed by atoms with van der Waals surface area (Å²) >= 11 is 5.68. The van der Waals surface area contributed by atoms with Crippen LogP contribution in [0.3, 0.4) is 0 Å². The monoisotopic (exact) mass is 237 g/mol. The first-order chi connectivity index (χ1) is 6.97. The number of benzene rings is 1. The van der Waals surface area contributed by atoms with E-state index in [1.54, 1.807) is 0 Å². The Balaban J connectivity index is 0.00000128. The van der Waals surface area contributed by atoms with Crippen LogP contribution < -0.4 is 18.9 Å². The Morgan fingerprint density at radius 2 is 1.94 bits per heavy atom. The molecule has 0 radical (unpaired) electrons. The summed E-state index contributed by atoms with van der Waals surface area (Å²) in [6.07, 6.45) is -4.44. The van der Waals surface area contributed by atoms with Gasteiger partial charge in [0, 0.05) is 0 Å².